The maximum atomic E-state index is 3.67. The van der Waals surface area contributed by atoms with Crippen LogP contribution in [0.15, 0.2) is 0 Å². The van der Waals surface area contributed by atoms with E-state index < -0.39 is 0 Å². The van der Waals surface area contributed by atoms with E-state index in [9.17, 15) is 0 Å². The topological polar surface area (TPSA) is 15.3 Å². The lowest BCUT2D eigenvalue weighted by molar-refractivity contribution is 0.123. The molecule has 1 aliphatic heterocycles. The van der Waals surface area contributed by atoms with Gasteiger partial charge in [0.25, 0.3) is 0 Å². The maximum absolute atomic E-state index is 3.67. The lowest BCUT2D eigenvalue weighted by atomic mass is 10.0. The lowest BCUT2D eigenvalue weighted by Crippen LogP contribution is -2.56. The van der Waals surface area contributed by atoms with Gasteiger partial charge < -0.3 is 5.32 Å². The fourth-order valence-corrected chi connectivity index (χ4v) is 3.11. The molecule has 102 valence electrons. The summed E-state index contributed by atoms with van der Waals surface area (Å²) in [6.45, 7) is 8.38. The number of piperazine rings is 1. The van der Waals surface area contributed by atoms with E-state index in [-0.39, 0.29) is 0 Å². The van der Waals surface area contributed by atoms with Crippen molar-refractivity contribution in [2.24, 2.45) is 0 Å². The number of hydrogen-bond acceptors (Lipinski definition) is 3. The summed E-state index contributed by atoms with van der Waals surface area (Å²) in [6.07, 6.45) is 8.93. The summed E-state index contributed by atoms with van der Waals surface area (Å²) in [6, 6.07) is 1.50. The fourth-order valence-electron chi connectivity index (χ4n) is 2.62. The Bertz CT molecular complexity index is 187. The predicted octanol–water partition coefficient (Wildman–Crippen LogP) is 2.98. The molecule has 2 atom stereocenters. The maximum Gasteiger partial charge on any atom is 0.0218 e. The van der Waals surface area contributed by atoms with Gasteiger partial charge in [-0.2, -0.15) is 11.8 Å². The van der Waals surface area contributed by atoms with Gasteiger partial charge >= 0.3 is 0 Å². The first-order valence-corrected chi connectivity index (χ1v) is 8.67. The molecular formula is C14H30N2S. The van der Waals surface area contributed by atoms with Gasteiger partial charge in [0.05, 0.1) is 0 Å². The average Bonchev–Trinajstić information content (AvgIpc) is 2.38. The quantitative estimate of drug-likeness (QED) is 0.674. The molecule has 1 fully saturated rings. The zero-order valence-electron chi connectivity index (χ0n) is 11.9. The van der Waals surface area contributed by atoms with Crippen LogP contribution in [-0.2, 0) is 0 Å². The van der Waals surface area contributed by atoms with Gasteiger partial charge in [0.15, 0.2) is 0 Å². The van der Waals surface area contributed by atoms with E-state index in [1.54, 1.807) is 0 Å². The zero-order valence-corrected chi connectivity index (χ0v) is 12.7. The van der Waals surface area contributed by atoms with Crippen molar-refractivity contribution in [3.8, 4) is 0 Å². The second-order valence-corrected chi connectivity index (χ2v) is 6.11. The van der Waals surface area contributed by atoms with Crippen LogP contribution in [0.1, 0.15) is 46.0 Å². The molecule has 0 aliphatic carbocycles. The van der Waals surface area contributed by atoms with Crippen LogP contribution < -0.4 is 5.32 Å². The van der Waals surface area contributed by atoms with Crippen LogP contribution in [0.2, 0.25) is 0 Å². The number of nitrogens with zero attached hydrogens (tertiary/aromatic N) is 1. The lowest BCUT2D eigenvalue weighted by Gasteiger charge is -2.40. The Labute approximate surface area is 112 Å². The van der Waals surface area contributed by atoms with Gasteiger partial charge in [-0.15, -0.1) is 0 Å². The first-order chi connectivity index (χ1) is 8.31. The number of rotatable bonds is 8. The Morgan fingerprint density at radius 1 is 1.18 bits per heavy atom. The van der Waals surface area contributed by atoms with Crippen LogP contribution in [0.25, 0.3) is 0 Å². The second kappa shape index (κ2) is 9.23. The third-order valence-corrected chi connectivity index (χ3v) is 4.57. The van der Waals surface area contributed by atoms with Crippen LogP contribution in [0.3, 0.4) is 0 Å². The summed E-state index contributed by atoms with van der Waals surface area (Å²) < 4.78 is 0. The van der Waals surface area contributed by atoms with E-state index in [1.807, 2.05) is 11.8 Å². The largest absolute Gasteiger partial charge is 0.311 e. The molecule has 1 saturated heterocycles. The molecule has 1 aliphatic rings. The number of nitrogens with one attached hydrogen (secondary N) is 1. The van der Waals surface area contributed by atoms with Gasteiger partial charge in [-0.05, 0) is 44.2 Å². The third kappa shape index (κ3) is 5.62. The third-order valence-electron chi connectivity index (χ3n) is 3.87. The minimum atomic E-state index is 0.726. The van der Waals surface area contributed by atoms with Crippen LogP contribution in [0.5, 0.6) is 0 Å². The van der Waals surface area contributed by atoms with Crippen molar-refractivity contribution in [3.05, 3.63) is 0 Å². The van der Waals surface area contributed by atoms with Crippen LogP contribution in [-0.4, -0.2) is 48.6 Å². The number of hydrogen-bond donors (Lipinski definition) is 1. The molecular weight excluding hydrogens is 228 g/mol. The second-order valence-electron chi connectivity index (χ2n) is 5.12. The van der Waals surface area contributed by atoms with Crippen molar-refractivity contribution in [3.63, 3.8) is 0 Å². The molecule has 1 heterocycles. The Morgan fingerprint density at radius 2 is 2.00 bits per heavy atom. The Hall–Kier alpha value is 0.270. The minimum absolute atomic E-state index is 0.726. The Balaban J connectivity index is 2.21. The zero-order chi connectivity index (χ0) is 12.5. The molecule has 17 heavy (non-hydrogen) atoms. The minimum Gasteiger partial charge on any atom is -0.311 e. The highest BCUT2D eigenvalue weighted by Gasteiger charge is 2.24. The van der Waals surface area contributed by atoms with Gasteiger partial charge in [-0.25, -0.2) is 0 Å². The van der Waals surface area contributed by atoms with Crippen LogP contribution in [0.4, 0.5) is 0 Å². The highest BCUT2D eigenvalue weighted by Crippen LogP contribution is 2.13. The molecule has 2 nitrogen and oxygen atoms in total. The summed E-state index contributed by atoms with van der Waals surface area (Å²) in [4.78, 5) is 2.73. The van der Waals surface area contributed by atoms with E-state index >= 15 is 0 Å². The molecule has 3 heteroatoms. The molecule has 0 aromatic heterocycles. The van der Waals surface area contributed by atoms with Gasteiger partial charge in [0, 0.05) is 25.2 Å². The summed E-state index contributed by atoms with van der Waals surface area (Å²) in [5.41, 5.74) is 0. The molecule has 0 amide bonds. The summed E-state index contributed by atoms with van der Waals surface area (Å²) in [5, 5.41) is 3.67. The highest BCUT2D eigenvalue weighted by molar-refractivity contribution is 7.98. The summed E-state index contributed by atoms with van der Waals surface area (Å²) >= 11 is 1.97. The molecule has 0 spiro atoms. The molecule has 1 rings (SSSR count). The standard InChI is InChI=1S/C14H30N2S/c1-4-13-12-16(14(5-2)11-15-13)9-7-6-8-10-17-3/h13-15H,4-12H2,1-3H3. The molecule has 0 saturated carbocycles. The van der Waals surface area contributed by atoms with Gasteiger partial charge in [-0.1, -0.05) is 20.3 Å². The van der Waals surface area contributed by atoms with Crippen molar-refractivity contribution in [2.75, 3.05) is 31.6 Å². The molecule has 0 aromatic carbocycles. The van der Waals surface area contributed by atoms with E-state index in [0.717, 1.165) is 12.1 Å². The number of thioether (sulfide) groups is 1. The molecule has 1 N–H and O–H groups in total. The van der Waals surface area contributed by atoms with Gasteiger partial charge in [0.1, 0.15) is 0 Å². The highest BCUT2D eigenvalue weighted by atomic mass is 32.2. The van der Waals surface area contributed by atoms with E-state index in [1.165, 1.54) is 57.5 Å². The summed E-state index contributed by atoms with van der Waals surface area (Å²) in [5.74, 6) is 1.33. The summed E-state index contributed by atoms with van der Waals surface area (Å²) in [7, 11) is 0. The molecule has 2 unspecified atom stereocenters. The number of unbranched alkanes of at least 4 members (excludes halogenated alkanes) is 2. The Morgan fingerprint density at radius 3 is 2.65 bits per heavy atom. The van der Waals surface area contributed by atoms with Crippen molar-refractivity contribution in [1.29, 1.82) is 0 Å². The smallest absolute Gasteiger partial charge is 0.0218 e. The molecule has 0 bridgehead atoms. The Kier molecular flexibility index (Phi) is 8.33. The van der Waals surface area contributed by atoms with Crippen molar-refractivity contribution in [2.45, 2.75) is 58.0 Å². The van der Waals surface area contributed by atoms with E-state index in [0.29, 0.717) is 0 Å². The first-order valence-electron chi connectivity index (χ1n) is 7.28. The van der Waals surface area contributed by atoms with Gasteiger partial charge in [0.2, 0.25) is 0 Å². The molecule has 0 radical (unpaired) electrons. The monoisotopic (exact) mass is 258 g/mol. The van der Waals surface area contributed by atoms with Crippen LogP contribution >= 0.6 is 11.8 Å². The van der Waals surface area contributed by atoms with E-state index in [2.05, 4.69) is 30.3 Å². The molecule has 0 aromatic rings. The van der Waals surface area contributed by atoms with Gasteiger partial charge in [-0.3, -0.25) is 4.90 Å². The predicted molar refractivity (Wildman–Crippen MR) is 80.0 cm³/mol. The van der Waals surface area contributed by atoms with E-state index in [4.69, 9.17) is 0 Å². The SMILES string of the molecule is CCC1CN(CCCCCSC)C(CC)CN1. The fraction of sp³-hybridized carbons (Fsp3) is 1.00. The van der Waals surface area contributed by atoms with Crippen LogP contribution in [0, 0.1) is 0 Å². The first kappa shape index (κ1) is 15.3. The van der Waals surface area contributed by atoms with Crippen molar-refractivity contribution in [1.82, 2.24) is 10.2 Å². The van der Waals surface area contributed by atoms with Crippen molar-refractivity contribution < 1.29 is 0 Å². The van der Waals surface area contributed by atoms with Crippen molar-refractivity contribution >= 4 is 11.8 Å². The average molecular weight is 258 g/mol. The normalized spacial score (nSPS) is 26.3.